The van der Waals surface area contributed by atoms with E-state index in [2.05, 4.69) is 66.9 Å². The fourth-order valence-corrected chi connectivity index (χ4v) is 12.1. The molecule has 0 spiro atoms. The number of aliphatic hydroxyl groups is 2. The van der Waals surface area contributed by atoms with Crippen LogP contribution in [-0.4, -0.2) is 132 Å². The highest BCUT2D eigenvalue weighted by Gasteiger charge is 2.34. The Balaban J connectivity index is 0.000000234. The van der Waals surface area contributed by atoms with Crippen molar-refractivity contribution in [1.82, 2.24) is 29.5 Å². The van der Waals surface area contributed by atoms with Gasteiger partial charge in [-0.2, -0.15) is 27.0 Å². The van der Waals surface area contributed by atoms with E-state index < -0.39 is 75.2 Å². The molecule has 0 bridgehead atoms. The zero-order chi connectivity index (χ0) is 56.8. The van der Waals surface area contributed by atoms with E-state index in [1.807, 2.05) is 27.7 Å². The average molecular weight is 1290 g/mol. The molecule has 0 radical (unpaired) electrons. The Kier molecular flexibility index (Phi) is 19.4. The summed E-state index contributed by atoms with van der Waals surface area (Å²) in [4.78, 5) is 35.0. The van der Waals surface area contributed by atoms with Crippen molar-refractivity contribution in [1.29, 1.82) is 0 Å². The number of alkyl halides is 1. The number of aryl methyl sites for hydroxylation is 2. The number of fused-ring (bicyclic) bond motifs is 2. The van der Waals surface area contributed by atoms with Crippen LogP contribution in [0.15, 0.2) is 88.0 Å². The predicted octanol–water partition coefficient (Wildman–Crippen LogP) is 3.90. The number of anilines is 4. The number of thiazole rings is 2. The van der Waals surface area contributed by atoms with Gasteiger partial charge in [-0.1, -0.05) is 50.3 Å². The molecule has 0 aliphatic carbocycles. The van der Waals surface area contributed by atoms with Gasteiger partial charge >= 0.3 is 0 Å². The fourth-order valence-electron chi connectivity index (χ4n) is 7.15. The zero-order valence-electron chi connectivity index (χ0n) is 41.8. The molecular weight excluding hydrogens is 1240 g/mol. The van der Waals surface area contributed by atoms with Crippen molar-refractivity contribution >= 4 is 120 Å². The molecule has 26 nitrogen and oxygen atoms in total. The number of nitrogens with zero attached hydrogens (tertiary/aromatic N) is 9. The van der Waals surface area contributed by atoms with Gasteiger partial charge < -0.3 is 31.1 Å². The van der Waals surface area contributed by atoms with E-state index >= 15 is 0 Å². The minimum atomic E-state index is -4.44. The summed E-state index contributed by atoms with van der Waals surface area (Å²) in [6.45, 7) is 7.94. The van der Waals surface area contributed by atoms with E-state index in [1.165, 1.54) is 74.2 Å². The van der Waals surface area contributed by atoms with E-state index in [9.17, 15) is 58.6 Å². The van der Waals surface area contributed by atoms with Gasteiger partial charge in [0.2, 0.25) is 20.0 Å². The summed E-state index contributed by atoms with van der Waals surface area (Å²) in [6, 6.07) is 7.62. The Labute approximate surface area is 464 Å². The Morgan fingerprint density at radius 3 is 1.53 bits per heavy atom. The lowest BCUT2D eigenvalue weighted by Gasteiger charge is -2.24. The molecule has 6 aromatic rings. The second-order valence-corrected chi connectivity index (χ2v) is 27.3. The molecule has 416 valence electrons. The number of amidine groups is 2. The lowest BCUT2D eigenvalue weighted by molar-refractivity contribution is 0.307. The number of aromatic hydroxyl groups is 2. The van der Waals surface area contributed by atoms with Gasteiger partial charge in [0.05, 0.1) is 70.1 Å². The maximum absolute atomic E-state index is 13.4. The number of aliphatic hydroxyl groups excluding tert-OH is 2. The molecule has 33 heteroatoms. The lowest BCUT2D eigenvalue weighted by Crippen LogP contribution is -2.35. The second-order valence-electron chi connectivity index (χ2n) is 17.6. The minimum absolute atomic E-state index is 0.0135. The van der Waals surface area contributed by atoms with Crippen LogP contribution >= 0.6 is 45.3 Å². The third-order valence-electron chi connectivity index (χ3n) is 10.7. The molecule has 2 aliphatic heterocycles. The molecule has 8 rings (SSSR count). The Morgan fingerprint density at radius 1 is 0.714 bits per heavy atom. The van der Waals surface area contributed by atoms with Gasteiger partial charge in [0.15, 0.2) is 23.2 Å². The molecule has 0 saturated heterocycles. The quantitative estimate of drug-likeness (QED) is 0.0503. The number of aromatic nitrogens is 6. The van der Waals surface area contributed by atoms with Crippen LogP contribution in [0.2, 0.25) is 0 Å². The van der Waals surface area contributed by atoms with Crippen molar-refractivity contribution in [2.45, 2.75) is 63.4 Å². The van der Waals surface area contributed by atoms with Crippen LogP contribution in [0, 0.1) is 11.8 Å². The number of benzene rings is 2. The number of halogens is 1. The highest BCUT2D eigenvalue weighted by molar-refractivity contribution is 14.1. The number of hydrogen-bond acceptors (Lipinski definition) is 22. The molecule has 7 N–H and O–H groups in total. The molecule has 2 aliphatic rings. The smallest absolute Gasteiger partial charge is 0.286 e. The first kappa shape index (κ1) is 60.3. The van der Waals surface area contributed by atoms with E-state index in [0.29, 0.717) is 29.2 Å². The van der Waals surface area contributed by atoms with Crippen LogP contribution in [-0.2, 0) is 53.2 Å². The normalized spacial score (nSPS) is 14.3. The maximum atomic E-state index is 13.4. The first-order valence-electron chi connectivity index (χ1n) is 22.8. The highest BCUT2D eigenvalue weighted by atomic mass is 127. The van der Waals surface area contributed by atoms with Gasteiger partial charge in [-0.3, -0.25) is 28.6 Å². The van der Waals surface area contributed by atoms with Gasteiger partial charge in [0.1, 0.15) is 32.3 Å². The van der Waals surface area contributed by atoms with Crippen molar-refractivity contribution in [3.63, 3.8) is 0 Å². The second kappa shape index (κ2) is 24.8. The summed E-state index contributed by atoms with van der Waals surface area (Å²) >= 11 is 4.48. The van der Waals surface area contributed by atoms with Crippen molar-refractivity contribution in [3.05, 3.63) is 91.6 Å². The zero-order valence-corrected chi connectivity index (χ0v) is 48.9. The van der Waals surface area contributed by atoms with Crippen molar-refractivity contribution in [2.24, 2.45) is 20.6 Å². The van der Waals surface area contributed by atoms with Crippen molar-refractivity contribution in [2.75, 3.05) is 56.4 Å². The average Bonchev–Trinajstić information content (AvgIpc) is 4.10. The van der Waals surface area contributed by atoms with Gasteiger partial charge in [0.25, 0.3) is 31.2 Å². The summed E-state index contributed by atoms with van der Waals surface area (Å²) < 4.78 is 114. The lowest BCUT2D eigenvalue weighted by atomic mass is 10.1. The molecule has 2 aromatic carbocycles. The number of hydrogen-bond donors (Lipinski definition) is 7. The van der Waals surface area contributed by atoms with Gasteiger partial charge in [-0.05, 0) is 61.1 Å². The van der Waals surface area contributed by atoms with Crippen LogP contribution in [0.25, 0.3) is 21.1 Å². The van der Waals surface area contributed by atoms with Crippen LogP contribution in [0.1, 0.15) is 51.7 Å². The largest absolute Gasteiger partial charge is 0.505 e. The third kappa shape index (κ3) is 14.6. The summed E-state index contributed by atoms with van der Waals surface area (Å²) in [5.74, 6) is -1.32. The van der Waals surface area contributed by atoms with Crippen molar-refractivity contribution in [3.8, 4) is 32.6 Å². The Bertz CT molecular complexity index is 3790. The predicted molar refractivity (Wildman–Crippen MR) is 303 cm³/mol. The third-order valence-corrected chi connectivity index (χ3v) is 17.2. The van der Waals surface area contributed by atoms with Crippen LogP contribution in [0.4, 0.5) is 22.7 Å². The molecule has 6 heterocycles. The van der Waals surface area contributed by atoms with Crippen LogP contribution < -0.4 is 30.8 Å². The van der Waals surface area contributed by atoms with Crippen LogP contribution in [0.5, 0.6) is 11.5 Å². The van der Waals surface area contributed by atoms with E-state index in [4.69, 9.17) is 5.11 Å². The SMILES string of the molecule is CC(C)CCn1nc(-c2cncs2)c(O)c(C2=NS(=O)(=O)c3cc(N(CCO)S(C)(=O)=O)ccc3N2)c1=O.CC(C)CCn1nc(-c2cncs2)c(O)c(C2=NS(=O)(=O)c3cc(NS(C)(=O)=O)ccc3N2)c1=O.OCCI. The molecule has 0 unspecified atom stereocenters. The van der Waals surface area contributed by atoms with Crippen molar-refractivity contribution < 1.29 is 54.1 Å². The summed E-state index contributed by atoms with van der Waals surface area (Å²) in [6.07, 6.45) is 6.04. The van der Waals surface area contributed by atoms with Gasteiger partial charge in [0, 0.05) is 35.6 Å². The number of rotatable bonds is 17. The Hall–Kier alpha value is -5.95. The topological polar surface area (TPSA) is 377 Å². The van der Waals surface area contributed by atoms with Gasteiger partial charge in [-0.15, -0.1) is 31.5 Å². The first-order chi connectivity index (χ1) is 36.1. The first-order valence-corrected chi connectivity index (χ1v) is 32.7. The van der Waals surface area contributed by atoms with E-state index in [0.717, 1.165) is 33.4 Å². The molecule has 0 saturated carbocycles. The Morgan fingerprint density at radius 2 is 1.16 bits per heavy atom. The molecule has 0 fully saturated rings. The molecule has 0 atom stereocenters. The fraction of sp³-hybridized carbons (Fsp3) is 0.364. The summed E-state index contributed by atoms with van der Waals surface area (Å²) in [5.41, 5.74) is 1.18. The van der Waals surface area contributed by atoms with E-state index in [1.54, 1.807) is 5.51 Å². The maximum Gasteiger partial charge on any atom is 0.286 e. The summed E-state index contributed by atoms with van der Waals surface area (Å²) in [5, 5.41) is 53.4. The number of nitrogens with one attached hydrogen (secondary N) is 3. The molecule has 4 aromatic heterocycles. The molecule has 0 amide bonds. The van der Waals surface area contributed by atoms with Gasteiger partial charge in [-0.25, -0.2) is 26.2 Å². The minimum Gasteiger partial charge on any atom is -0.505 e. The summed E-state index contributed by atoms with van der Waals surface area (Å²) in [7, 11) is -16.3. The molecular formula is C44H53IN12O14S6. The highest BCUT2D eigenvalue weighted by Crippen LogP contribution is 2.38. The monoisotopic (exact) mass is 1290 g/mol. The number of sulfonamides is 4. The van der Waals surface area contributed by atoms with E-state index in [-0.39, 0.29) is 92.4 Å². The standard InChI is InChI=1S/C22H26N6O7S3.C20H22N6O6S3.C2H5IO/c1-13(2)6-7-27-22(31)18(20(30)19(25-27)16-11-23-12-36-16)21-24-15-5-4-14(10-17(15)38(34,35)26-21)28(8-9-29)37(3,32)33;1-11(2)6-7-26-20(28)16(18(27)17(23-26)14-9-21-10-33-14)19-22-13-5-4-12(24-34(3,29)30)8-15(13)35(31,32)25-19;3-1-2-4/h4-5,10-13,29-30H,6-9H2,1-3H3,(H,24,26);4-5,8-11,24,27H,6-7H2,1-3H3,(H,22,25);4H,1-2H2. The molecule has 77 heavy (non-hydrogen) atoms. The van der Waals surface area contributed by atoms with Crippen LogP contribution in [0.3, 0.4) is 0 Å².